The lowest BCUT2D eigenvalue weighted by atomic mass is 10.1. The minimum atomic E-state index is -4.46. The predicted molar refractivity (Wildman–Crippen MR) is 144 cm³/mol. The molecule has 42 heavy (non-hydrogen) atoms. The number of carbonyl (C=O) groups is 2. The maximum absolute atomic E-state index is 12.5. The zero-order valence-corrected chi connectivity index (χ0v) is 22.5. The van der Waals surface area contributed by atoms with E-state index >= 15 is 0 Å². The van der Waals surface area contributed by atoms with Gasteiger partial charge in [0, 0.05) is 6.07 Å². The van der Waals surface area contributed by atoms with E-state index in [4.69, 9.17) is 9.84 Å². The van der Waals surface area contributed by atoms with Crippen molar-refractivity contribution in [2.45, 2.75) is 33.4 Å². The lowest BCUT2D eigenvalue weighted by Gasteiger charge is -2.14. The first-order valence-corrected chi connectivity index (χ1v) is 12.4. The number of rotatable bonds is 7. The number of carboxylic acids is 2. The van der Waals surface area contributed by atoms with Gasteiger partial charge in [0.15, 0.2) is 0 Å². The molecular formula is C28H25F3N4O7. The molecule has 11 nitrogen and oxygen atoms in total. The average Bonchev–Trinajstić information content (AvgIpc) is 2.93. The van der Waals surface area contributed by atoms with Crippen molar-refractivity contribution in [3.63, 3.8) is 0 Å². The van der Waals surface area contributed by atoms with Crippen molar-refractivity contribution in [3.8, 4) is 17.1 Å². The van der Waals surface area contributed by atoms with E-state index in [-0.39, 0.29) is 16.9 Å². The monoisotopic (exact) mass is 586 g/mol. The fraction of sp³-hybridized carbons (Fsp3) is 0.214. The van der Waals surface area contributed by atoms with E-state index in [0.717, 1.165) is 41.3 Å². The fourth-order valence-corrected chi connectivity index (χ4v) is 4.00. The van der Waals surface area contributed by atoms with Crippen LogP contribution in [0.15, 0.2) is 70.5 Å². The van der Waals surface area contributed by atoms with Crippen LogP contribution in [0.2, 0.25) is 0 Å². The van der Waals surface area contributed by atoms with E-state index in [1.807, 2.05) is 6.92 Å². The molecule has 2 heterocycles. The summed E-state index contributed by atoms with van der Waals surface area (Å²) >= 11 is 0. The highest BCUT2D eigenvalue weighted by Crippen LogP contribution is 2.29. The maximum Gasteiger partial charge on any atom is 0.416 e. The van der Waals surface area contributed by atoms with Crippen molar-refractivity contribution in [3.05, 3.63) is 109 Å². The maximum atomic E-state index is 12.5. The third kappa shape index (κ3) is 6.89. The number of nitrogens with zero attached hydrogens (tertiary/aromatic N) is 4. The van der Waals surface area contributed by atoms with Crippen molar-refractivity contribution >= 4 is 11.9 Å². The summed E-state index contributed by atoms with van der Waals surface area (Å²) in [5.74, 6) is -2.00. The molecular weight excluding hydrogens is 561 g/mol. The van der Waals surface area contributed by atoms with Gasteiger partial charge < -0.3 is 14.9 Å². The van der Waals surface area contributed by atoms with Crippen LogP contribution in [0, 0.1) is 6.92 Å². The van der Waals surface area contributed by atoms with Crippen LogP contribution in [0.1, 0.15) is 51.5 Å². The second-order valence-corrected chi connectivity index (χ2v) is 8.56. The summed E-state index contributed by atoms with van der Waals surface area (Å²) in [5.41, 5.74) is -1.61. The number of alkyl halides is 3. The lowest BCUT2D eigenvalue weighted by Crippen LogP contribution is -2.23. The number of ether oxygens (including phenoxy) is 1. The summed E-state index contributed by atoms with van der Waals surface area (Å²) in [6.07, 6.45) is -2.25. The Labute approximate surface area is 236 Å². The first-order chi connectivity index (χ1) is 19.8. The van der Waals surface area contributed by atoms with Crippen LogP contribution < -0.4 is 15.6 Å². The van der Waals surface area contributed by atoms with Gasteiger partial charge in [0.25, 0.3) is 0 Å². The summed E-state index contributed by atoms with van der Waals surface area (Å²) in [6, 6.07) is 11.2. The Kier molecular flexibility index (Phi) is 9.62. The van der Waals surface area contributed by atoms with Crippen LogP contribution in [0.5, 0.6) is 5.75 Å². The SMILES string of the molecule is CCOc1cccc(-n2ncc(=O)c(C(=O)O)c2CC)c1.Cc1c(C(=O)O)c(=O)cnn1-c1ccc(C(F)(F)F)cc1. The Morgan fingerprint density at radius 1 is 0.857 bits per heavy atom. The lowest BCUT2D eigenvalue weighted by molar-refractivity contribution is -0.137. The molecule has 0 amide bonds. The van der Waals surface area contributed by atoms with E-state index in [2.05, 4.69) is 10.2 Å². The minimum absolute atomic E-state index is 0.0368. The van der Waals surface area contributed by atoms with E-state index in [1.54, 1.807) is 31.2 Å². The standard InChI is InChI=1S/C15H16N2O4.C13H9F3N2O3/c1-3-12-14(15(19)20)13(18)9-16-17(12)10-6-5-7-11(8-10)21-4-2;1-7-11(12(20)21)10(19)6-17-18(7)9-4-2-8(3-5-9)13(14,15)16/h5-9H,3-4H2,1-2H3,(H,19,20);2-6H,1H3,(H,20,21). The molecule has 0 fully saturated rings. The normalized spacial score (nSPS) is 10.9. The minimum Gasteiger partial charge on any atom is -0.494 e. The third-order valence-electron chi connectivity index (χ3n) is 5.87. The van der Waals surface area contributed by atoms with Crippen molar-refractivity contribution in [1.82, 2.24) is 19.6 Å². The van der Waals surface area contributed by atoms with Crippen LogP contribution in [-0.4, -0.2) is 48.3 Å². The van der Waals surface area contributed by atoms with Crippen LogP contribution in [0.3, 0.4) is 0 Å². The Hall–Kier alpha value is -5.27. The number of carboxylic acid groups (broad SMARTS) is 2. The molecule has 14 heteroatoms. The number of hydrogen-bond donors (Lipinski definition) is 2. The Morgan fingerprint density at radius 2 is 1.43 bits per heavy atom. The molecule has 0 saturated carbocycles. The average molecular weight is 587 g/mol. The van der Waals surface area contributed by atoms with E-state index in [1.165, 1.54) is 11.6 Å². The molecule has 0 atom stereocenters. The van der Waals surface area contributed by atoms with Crippen molar-refractivity contribution < 1.29 is 37.7 Å². The van der Waals surface area contributed by atoms with Crippen molar-refractivity contribution in [2.75, 3.05) is 6.61 Å². The zero-order valence-electron chi connectivity index (χ0n) is 22.5. The third-order valence-corrected chi connectivity index (χ3v) is 5.87. The number of benzene rings is 2. The zero-order chi connectivity index (χ0) is 31.2. The summed E-state index contributed by atoms with van der Waals surface area (Å²) in [6.45, 7) is 5.55. The molecule has 2 aromatic heterocycles. The van der Waals surface area contributed by atoms with Crippen LogP contribution in [0.4, 0.5) is 13.2 Å². The van der Waals surface area contributed by atoms with Gasteiger partial charge in [-0.05, 0) is 56.7 Å². The number of aromatic carboxylic acids is 2. The fourth-order valence-electron chi connectivity index (χ4n) is 4.00. The Bertz CT molecular complexity index is 1730. The van der Waals surface area contributed by atoms with E-state index in [9.17, 15) is 37.5 Å². The van der Waals surface area contributed by atoms with Crippen molar-refractivity contribution in [1.29, 1.82) is 0 Å². The molecule has 0 aliphatic rings. The van der Waals surface area contributed by atoms with E-state index < -0.39 is 40.1 Å². The van der Waals surface area contributed by atoms with Crippen LogP contribution >= 0.6 is 0 Å². The Morgan fingerprint density at radius 3 is 1.95 bits per heavy atom. The topological polar surface area (TPSA) is 154 Å². The second-order valence-electron chi connectivity index (χ2n) is 8.56. The van der Waals surface area contributed by atoms with Gasteiger partial charge in [0.05, 0.1) is 47.3 Å². The van der Waals surface area contributed by atoms with E-state index in [0.29, 0.717) is 30.2 Å². The molecule has 0 unspecified atom stereocenters. The summed E-state index contributed by atoms with van der Waals surface area (Å²) in [5, 5.41) is 26.0. The van der Waals surface area contributed by atoms with Gasteiger partial charge in [-0.1, -0.05) is 13.0 Å². The van der Waals surface area contributed by atoms with Gasteiger partial charge in [-0.3, -0.25) is 9.59 Å². The van der Waals surface area contributed by atoms with Gasteiger partial charge in [-0.25, -0.2) is 19.0 Å². The second kappa shape index (κ2) is 12.9. The largest absolute Gasteiger partial charge is 0.494 e. The first-order valence-electron chi connectivity index (χ1n) is 12.4. The van der Waals surface area contributed by atoms with Gasteiger partial charge in [-0.15, -0.1) is 0 Å². The molecule has 4 aromatic rings. The van der Waals surface area contributed by atoms with Crippen molar-refractivity contribution in [2.24, 2.45) is 0 Å². The van der Waals surface area contributed by atoms with Gasteiger partial charge >= 0.3 is 18.1 Å². The molecule has 0 bridgehead atoms. The molecule has 0 aliphatic carbocycles. The highest BCUT2D eigenvalue weighted by atomic mass is 19.4. The number of aromatic nitrogens is 4. The van der Waals surface area contributed by atoms with Crippen LogP contribution in [-0.2, 0) is 12.6 Å². The summed E-state index contributed by atoms with van der Waals surface area (Å²) in [7, 11) is 0. The molecule has 0 spiro atoms. The van der Waals surface area contributed by atoms with Gasteiger partial charge in [0.2, 0.25) is 10.9 Å². The summed E-state index contributed by atoms with van der Waals surface area (Å²) < 4.78 is 45.4. The predicted octanol–water partition coefficient (Wildman–Crippen LogP) is 4.15. The number of halogens is 3. The highest BCUT2D eigenvalue weighted by Gasteiger charge is 2.30. The highest BCUT2D eigenvalue weighted by molar-refractivity contribution is 5.89. The molecule has 0 radical (unpaired) electrons. The quantitative estimate of drug-likeness (QED) is 0.325. The molecule has 2 N–H and O–H groups in total. The molecule has 0 saturated heterocycles. The molecule has 220 valence electrons. The molecule has 4 rings (SSSR count). The van der Waals surface area contributed by atoms with Gasteiger partial charge in [0.1, 0.15) is 16.9 Å². The Balaban J connectivity index is 0.000000230. The molecule has 2 aromatic carbocycles. The molecule has 0 aliphatic heterocycles. The van der Waals surface area contributed by atoms with Gasteiger partial charge in [-0.2, -0.15) is 23.4 Å². The summed E-state index contributed by atoms with van der Waals surface area (Å²) in [4.78, 5) is 45.5. The first kappa shape index (κ1) is 31.3. The van der Waals surface area contributed by atoms with Crippen LogP contribution in [0.25, 0.3) is 11.4 Å². The smallest absolute Gasteiger partial charge is 0.416 e. The number of hydrogen-bond acceptors (Lipinski definition) is 7.